The van der Waals surface area contributed by atoms with Gasteiger partial charge in [0.25, 0.3) is 0 Å². The van der Waals surface area contributed by atoms with Gasteiger partial charge in [-0.25, -0.2) is 0 Å². The fraction of sp³-hybridized carbons (Fsp3) is 0.714. The second kappa shape index (κ2) is 13.3. The molecule has 88 valence electrons. The predicted octanol–water partition coefficient (Wildman–Crippen LogP) is 4.84. The smallest absolute Gasteiger partial charge is 0.0824 e. The van der Waals surface area contributed by atoms with Gasteiger partial charge < -0.3 is 4.74 Å². The van der Waals surface area contributed by atoms with Crippen molar-refractivity contribution in [3.05, 3.63) is 24.5 Å². The molecule has 0 amide bonds. The van der Waals surface area contributed by atoms with Gasteiger partial charge in [0, 0.05) is 0 Å². The number of allylic oxidation sites excluding steroid dienone is 3. The summed E-state index contributed by atoms with van der Waals surface area (Å²) in [6, 6.07) is 0. The Labute approximate surface area is 95.2 Å². The molecule has 0 atom stereocenters. The lowest BCUT2D eigenvalue weighted by molar-refractivity contribution is 0.338. The molecule has 0 aliphatic heterocycles. The third kappa shape index (κ3) is 13.3. The highest BCUT2D eigenvalue weighted by molar-refractivity contribution is 4.99. The van der Waals surface area contributed by atoms with Gasteiger partial charge in [0.1, 0.15) is 0 Å². The van der Waals surface area contributed by atoms with Gasteiger partial charge in [-0.2, -0.15) is 0 Å². The van der Waals surface area contributed by atoms with Crippen molar-refractivity contribution in [3.8, 4) is 0 Å². The Morgan fingerprint density at radius 3 is 2.20 bits per heavy atom. The minimum atomic E-state index is 1.20. The van der Waals surface area contributed by atoms with Crippen molar-refractivity contribution >= 4 is 0 Å². The molecule has 0 heterocycles. The van der Waals surface area contributed by atoms with E-state index in [-0.39, 0.29) is 0 Å². The highest BCUT2D eigenvalue weighted by atomic mass is 16.5. The summed E-state index contributed by atoms with van der Waals surface area (Å²) in [7, 11) is 1.67. The number of ether oxygens (including phenoxy) is 1. The molecule has 0 aliphatic carbocycles. The summed E-state index contributed by atoms with van der Waals surface area (Å²) in [4.78, 5) is 0. The monoisotopic (exact) mass is 210 g/mol. The Hall–Kier alpha value is -0.720. The van der Waals surface area contributed by atoms with Gasteiger partial charge >= 0.3 is 0 Å². The SMILES string of the molecule is CCCCCCCCC/C=C/C=C/OC. The van der Waals surface area contributed by atoms with Crippen molar-refractivity contribution in [1.29, 1.82) is 0 Å². The predicted molar refractivity (Wildman–Crippen MR) is 67.9 cm³/mol. The van der Waals surface area contributed by atoms with Crippen LogP contribution in [0.3, 0.4) is 0 Å². The summed E-state index contributed by atoms with van der Waals surface area (Å²) in [5.41, 5.74) is 0. The molecule has 1 nitrogen and oxygen atoms in total. The van der Waals surface area contributed by atoms with Crippen molar-refractivity contribution in [2.45, 2.75) is 58.3 Å². The highest BCUT2D eigenvalue weighted by Gasteiger charge is 1.88. The van der Waals surface area contributed by atoms with E-state index in [0.717, 1.165) is 0 Å². The summed E-state index contributed by atoms with van der Waals surface area (Å²) in [5.74, 6) is 0. The minimum Gasteiger partial charge on any atom is -0.504 e. The first-order valence-electron chi connectivity index (χ1n) is 6.26. The standard InChI is InChI=1S/C14H26O/c1-3-4-5-6-7-8-9-10-11-12-13-14-15-2/h11-14H,3-10H2,1-2H3/b12-11+,14-13+. The van der Waals surface area contributed by atoms with Gasteiger partial charge in [-0.1, -0.05) is 57.6 Å². The average Bonchev–Trinajstić information content (AvgIpc) is 2.26. The zero-order valence-electron chi connectivity index (χ0n) is 10.4. The first kappa shape index (κ1) is 14.3. The van der Waals surface area contributed by atoms with Crippen LogP contribution < -0.4 is 0 Å². The molecular formula is C14H26O. The molecule has 0 aromatic heterocycles. The third-order valence-electron chi connectivity index (χ3n) is 2.44. The van der Waals surface area contributed by atoms with Crippen LogP contribution in [0.4, 0.5) is 0 Å². The van der Waals surface area contributed by atoms with E-state index >= 15 is 0 Å². The highest BCUT2D eigenvalue weighted by Crippen LogP contribution is 2.08. The molecule has 0 N–H and O–H groups in total. The van der Waals surface area contributed by atoms with E-state index < -0.39 is 0 Å². The Kier molecular flexibility index (Phi) is 12.6. The molecule has 0 aliphatic rings. The van der Waals surface area contributed by atoms with Crippen LogP contribution >= 0.6 is 0 Å². The van der Waals surface area contributed by atoms with Crippen molar-refractivity contribution in [3.63, 3.8) is 0 Å². The van der Waals surface area contributed by atoms with Gasteiger partial charge in [-0.15, -0.1) is 0 Å². The Morgan fingerprint density at radius 2 is 1.53 bits per heavy atom. The molecule has 1 heteroatoms. The topological polar surface area (TPSA) is 9.23 Å². The zero-order valence-corrected chi connectivity index (χ0v) is 10.4. The van der Waals surface area contributed by atoms with Crippen molar-refractivity contribution < 1.29 is 4.74 Å². The van der Waals surface area contributed by atoms with Crippen molar-refractivity contribution in [2.24, 2.45) is 0 Å². The van der Waals surface area contributed by atoms with Gasteiger partial charge in [-0.05, 0) is 18.9 Å². The quantitative estimate of drug-likeness (QED) is 0.285. The molecule has 0 aromatic rings. The van der Waals surface area contributed by atoms with E-state index in [1.807, 2.05) is 6.08 Å². The summed E-state index contributed by atoms with van der Waals surface area (Å²) < 4.78 is 4.79. The minimum absolute atomic E-state index is 1.20. The first-order chi connectivity index (χ1) is 7.41. The molecule has 0 aromatic carbocycles. The maximum atomic E-state index is 4.79. The third-order valence-corrected chi connectivity index (χ3v) is 2.44. The molecular weight excluding hydrogens is 184 g/mol. The molecule has 0 fully saturated rings. The van der Waals surface area contributed by atoms with E-state index in [9.17, 15) is 0 Å². The lowest BCUT2D eigenvalue weighted by Crippen LogP contribution is -1.78. The maximum absolute atomic E-state index is 4.79. The van der Waals surface area contributed by atoms with Crippen LogP contribution in [0.2, 0.25) is 0 Å². The van der Waals surface area contributed by atoms with Crippen LogP contribution in [0.5, 0.6) is 0 Å². The number of rotatable bonds is 10. The van der Waals surface area contributed by atoms with Crippen LogP contribution in [-0.4, -0.2) is 7.11 Å². The largest absolute Gasteiger partial charge is 0.504 e. The Bertz CT molecular complexity index is 159. The van der Waals surface area contributed by atoms with Crippen molar-refractivity contribution in [2.75, 3.05) is 7.11 Å². The first-order valence-corrected chi connectivity index (χ1v) is 6.26. The van der Waals surface area contributed by atoms with E-state index in [1.54, 1.807) is 13.4 Å². The van der Waals surface area contributed by atoms with Crippen LogP contribution in [0.15, 0.2) is 24.5 Å². The molecule has 0 bridgehead atoms. The normalized spacial score (nSPS) is 11.6. The van der Waals surface area contributed by atoms with Gasteiger partial charge in [0.2, 0.25) is 0 Å². The molecule has 15 heavy (non-hydrogen) atoms. The number of methoxy groups -OCH3 is 1. The molecule has 0 unspecified atom stereocenters. The lowest BCUT2D eigenvalue weighted by atomic mass is 10.1. The fourth-order valence-corrected chi connectivity index (χ4v) is 1.52. The lowest BCUT2D eigenvalue weighted by Gasteiger charge is -1.98. The molecule has 0 saturated carbocycles. The van der Waals surface area contributed by atoms with Crippen LogP contribution in [0, 0.1) is 0 Å². The average molecular weight is 210 g/mol. The van der Waals surface area contributed by atoms with Crippen LogP contribution in [0.25, 0.3) is 0 Å². The molecule has 0 radical (unpaired) electrons. The summed E-state index contributed by atoms with van der Waals surface area (Å²) in [6.07, 6.45) is 18.8. The number of hydrogen-bond donors (Lipinski definition) is 0. The molecule has 0 rings (SSSR count). The summed E-state index contributed by atoms with van der Waals surface area (Å²) in [5, 5.41) is 0. The summed E-state index contributed by atoms with van der Waals surface area (Å²) >= 11 is 0. The van der Waals surface area contributed by atoms with Crippen molar-refractivity contribution in [1.82, 2.24) is 0 Å². The van der Waals surface area contributed by atoms with Gasteiger partial charge in [0.05, 0.1) is 13.4 Å². The molecule has 0 saturated heterocycles. The fourth-order valence-electron chi connectivity index (χ4n) is 1.52. The van der Waals surface area contributed by atoms with Gasteiger partial charge in [-0.3, -0.25) is 0 Å². The number of hydrogen-bond acceptors (Lipinski definition) is 1. The van der Waals surface area contributed by atoms with E-state index in [0.29, 0.717) is 0 Å². The van der Waals surface area contributed by atoms with Gasteiger partial charge in [0.15, 0.2) is 0 Å². The zero-order chi connectivity index (χ0) is 11.2. The van der Waals surface area contributed by atoms with E-state index in [1.165, 1.54) is 51.4 Å². The van der Waals surface area contributed by atoms with Crippen LogP contribution in [0.1, 0.15) is 58.3 Å². The number of unbranched alkanes of at least 4 members (excludes halogenated alkanes) is 7. The van der Waals surface area contributed by atoms with E-state index in [2.05, 4.69) is 19.1 Å². The maximum Gasteiger partial charge on any atom is 0.0824 e. The van der Waals surface area contributed by atoms with E-state index in [4.69, 9.17) is 4.74 Å². The second-order valence-corrected chi connectivity index (χ2v) is 3.90. The molecule has 0 spiro atoms. The summed E-state index contributed by atoms with van der Waals surface area (Å²) in [6.45, 7) is 2.26. The Balaban J connectivity index is 3.04. The van der Waals surface area contributed by atoms with Crippen LogP contribution in [-0.2, 0) is 4.74 Å². The Morgan fingerprint density at radius 1 is 0.867 bits per heavy atom. The second-order valence-electron chi connectivity index (χ2n) is 3.90.